The first-order chi connectivity index (χ1) is 5.27. The minimum atomic E-state index is -0.501. The van der Waals surface area contributed by atoms with Crippen LogP contribution in [-0.4, -0.2) is 30.0 Å². The zero-order valence-corrected chi connectivity index (χ0v) is 5.90. The summed E-state index contributed by atoms with van der Waals surface area (Å²) in [6.07, 6.45) is 1.36. The standard InChI is InChI=1S/C6H6N4O/c1-3-9-5-4(6(11)10-3)7-2-8-5/h2,4H,1H3,(H,7,8,9,10,11). The van der Waals surface area contributed by atoms with E-state index in [4.69, 9.17) is 0 Å². The van der Waals surface area contributed by atoms with Crippen molar-refractivity contribution in [2.45, 2.75) is 13.0 Å². The van der Waals surface area contributed by atoms with Crippen LogP contribution in [0.3, 0.4) is 0 Å². The monoisotopic (exact) mass is 150 g/mol. The van der Waals surface area contributed by atoms with E-state index in [2.05, 4.69) is 20.3 Å². The third kappa shape index (κ3) is 0.849. The summed E-state index contributed by atoms with van der Waals surface area (Å²) >= 11 is 0. The summed E-state index contributed by atoms with van der Waals surface area (Å²) < 4.78 is 0. The number of fused-ring (bicyclic) bond motifs is 1. The van der Waals surface area contributed by atoms with Crippen LogP contribution in [0.1, 0.15) is 6.92 Å². The van der Waals surface area contributed by atoms with Crippen LogP contribution in [0.15, 0.2) is 15.0 Å². The van der Waals surface area contributed by atoms with Crippen molar-refractivity contribution in [1.82, 2.24) is 5.32 Å². The molecule has 0 radical (unpaired) electrons. The van der Waals surface area contributed by atoms with Crippen molar-refractivity contribution in [1.29, 1.82) is 0 Å². The molecule has 0 fully saturated rings. The summed E-state index contributed by atoms with van der Waals surface area (Å²) in [7, 11) is 0. The number of amidine groups is 2. The first-order valence-electron chi connectivity index (χ1n) is 3.23. The normalized spacial score (nSPS) is 27.4. The quantitative estimate of drug-likeness (QED) is 0.489. The van der Waals surface area contributed by atoms with Crippen molar-refractivity contribution >= 4 is 23.9 Å². The fraction of sp³-hybridized carbons (Fsp3) is 0.333. The third-order valence-electron chi connectivity index (χ3n) is 1.49. The van der Waals surface area contributed by atoms with Crippen LogP contribution in [-0.2, 0) is 4.79 Å². The van der Waals surface area contributed by atoms with Gasteiger partial charge in [-0.25, -0.2) is 9.98 Å². The second kappa shape index (κ2) is 1.98. The Morgan fingerprint density at radius 1 is 1.64 bits per heavy atom. The van der Waals surface area contributed by atoms with Crippen LogP contribution in [0.2, 0.25) is 0 Å². The van der Waals surface area contributed by atoms with Crippen LogP contribution in [0.4, 0.5) is 0 Å². The smallest absolute Gasteiger partial charge is 0.258 e. The molecule has 5 heteroatoms. The van der Waals surface area contributed by atoms with Crippen LogP contribution in [0.5, 0.6) is 0 Å². The molecule has 2 heterocycles. The van der Waals surface area contributed by atoms with Crippen LogP contribution in [0, 0.1) is 0 Å². The number of rotatable bonds is 0. The average molecular weight is 150 g/mol. The fourth-order valence-corrected chi connectivity index (χ4v) is 1.02. The highest BCUT2D eigenvalue weighted by atomic mass is 16.2. The topological polar surface area (TPSA) is 66.2 Å². The second-order valence-electron chi connectivity index (χ2n) is 2.34. The predicted molar refractivity (Wildman–Crippen MR) is 41.0 cm³/mol. The molecule has 1 unspecified atom stereocenters. The van der Waals surface area contributed by atoms with Gasteiger partial charge in [-0.1, -0.05) is 0 Å². The van der Waals surface area contributed by atoms with Crippen LogP contribution in [0.25, 0.3) is 0 Å². The van der Waals surface area contributed by atoms with Crippen molar-refractivity contribution in [2.24, 2.45) is 15.0 Å². The SMILES string of the molecule is CC1=NC2=NC=NC2C(=O)N1. The van der Waals surface area contributed by atoms with E-state index in [0.717, 1.165) is 0 Å². The number of hydrogen-bond donors (Lipinski definition) is 1. The molecule has 0 saturated carbocycles. The van der Waals surface area contributed by atoms with Gasteiger partial charge in [0.15, 0.2) is 11.9 Å². The van der Waals surface area contributed by atoms with Gasteiger partial charge in [0.2, 0.25) is 0 Å². The molecule has 0 saturated heterocycles. The Morgan fingerprint density at radius 2 is 2.45 bits per heavy atom. The molecule has 2 rings (SSSR count). The molecule has 11 heavy (non-hydrogen) atoms. The Balaban J connectivity index is 2.42. The summed E-state index contributed by atoms with van der Waals surface area (Å²) in [4.78, 5) is 22.8. The summed E-state index contributed by atoms with van der Waals surface area (Å²) in [6, 6.07) is -0.501. The van der Waals surface area contributed by atoms with Crippen molar-refractivity contribution in [3.8, 4) is 0 Å². The zero-order chi connectivity index (χ0) is 7.84. The van der Waals surface area contributed by atoms with Crippen molar-refractivity contribution in [3.05, 3.63) is 0 Å². The van der Waals surface area contributed by atoms with Crippen LogP contribution >= 0.6 is 0 Å². The lowest BCUT2D eigenvalue weighted by Gasteiger charge is -2.14. The Bertz CT molecular complexity index is 302. The molecule has 0 aromatic heterocycles. The summed E-state index contributed by atoms with van der Waals surface area (Å²) in [5.41, 5.74) is 0. The lowest BCUT2D eigenvalue weighted by atomic mass is 10.2. The molecule has 0 bridgehead atoms. The third-order valence-corrected chi connectivity index (χ3v) is 1.49. The van der Waals surface area contributed by atoms with Crippen molar-refractivity contribution in [3.63, 3.8) is 0 Å². The van der Waals surface area contributed by atoms with Gasteiger partial charge in [0.05, 0.1) is 0 Å². The molecule has 2 aliphatic heterocycles. The molecule has 0 spiro atoms. The number of amides is 1. The molecule has 2 aliphatic rings. The fourth-order valence-electron chi connectivity index (χ4n) is 1.02. The van der Waals surface area contributed by atoms with Gasteiger partial charge in [0.1, 0.15) is 12.2 Å². The Labute approximate surface area is 62.9 Å². The maximum atomic E-state index is 11.1. The Hall–Kier alpha value is -1.52. The van der Waals surface area contributed by atoms with Gasteiger partial charge >= 0.3 is 0 Å². The summed E-state index contributed by atoms with van der Waals surface area (Å²) in [5.74, 6) is 0.923. The molecular formula is C6H6N4O. The van der Waals surface area contributed by atoms with E-state index in [0.29, 0.717) is 11.7 Å². The molecule has 0 aliphatic carbocycles. The van der Waals surface area contributed by atoms with Gasteiger partial charge in [0, 0.05) is 0 Å². The number of carbonyl (C=O) groups excluding carboxylic acids is 1. The van der Waals surface area contributed by atoms with E-state index in [1.807, 2.05) is 0 Å². The number of hydrogen-bond acceptors (Lipinski definition) is 4. The Kier molecular flexibility index (Phi) is 1.12. The molecule has 0 aromatic rings. The maximum absolute atomic E-state index is 11.1. The van der Waals surface area contributed by atoms with Gasteiger partial charge in [-0.05, 0) is 6.92 Å². The lowest BCUT2D eigenvalue weighted by Crippen LogP contribution is -2.44. The molecule has 1 atom stereocenters. The molecule has 5 nitrogen and oxygen atoms in total. The zero-order valence-electron chi connectivity index (χ0n) is 5.90. The molecule has 1 amide bonds. The summed E-state index contributed by atoms with van der Waals surface area (Å²) in [5, 5.41) is 2.57. The number of nitrogens with one attached hydrogen (secondary N) is 1. The summed E-state index contributed by atoms with van der Waals surface area (Å²) in [6.45, 7) is 1.72. The highest BCUT2D eigenvalue weighted by Crippen LogP contribution is 2.06. The predicted octanol–water partition coefficient (Wildman–Crippen LogP) is -0.656. The van der Waals surface area contributed by atoms with E-state index in [-0.39, 0.29) is 5.91 Å². The lowest BCUT2D eigenvalue weighted by molar-refractivity contribution is -0.119. The Morgan fingerprint density at radius 3 is 3.27 bits per heavy atom. The van der Waals surface area contributed by atoms with Crippen molar-refractivity contribution < 1.29 is 4.79 Å². The van der Waals surface area contributed by atoms with E-state index < -0.39 is 6.04 Å². The number of aliphatic imine (C=N–C) groups is 3. The first kappa shape index (κ1) is 6.21. The van der Waals surface area contributed by atoms with E-state index in [1.165, 1.54) is 6.34 Å². The first-order valence-corrected chi connectivity index (χ1v) is 3.23. The number of carbonyl (C=O) groups is 1. The molecule has 1 N–H and O–H groups in total. The number of nitrogens with zero attached hydrogens (tertiary/aromatic N) is 3. The van der Waals surface area contributed by atoms with Gasteiger partial charge in [-0.2, -0.15) is 0 Å². The maximum Gasteiger partial charge on any atom is 0.258 e. The van der Waals surface area contributed by atoms with Gasteiger partial charge in [-0.3, -0.25) is 9.79 Å². The van der Waals surface area contributed by atoms with Gasteiger partial charge in [-0.15, -0.1) is 0 Å². The molecule has 56 valence electrons. The van der Waals surface area contributed by atoms with Crippen LogP contribution < -0.4 is 5.32 Å². The second-order valence-corrected chi connectivity index (χ2v) is 2.34. The van der Waals surface area contributed by atoms with E-state index in [9.17, 15) is 4.79 Å². The average Bonchev–Trinajstić information content (AvgIpc) is 2.34. The van der Waals surface area contributed by atoms with E-state index >= 15 is 0 Å². The molecular weight excluding hydrogens is 144 g/mol. The van der Waals surface area contributed by atoms with Gasteiger partial charge in [0.25, 0.3) is 5.91 Å². The van der Waals surface area contributed by atoms with Crippen molar-refractivity contribution in [2.75, 3.05) is 0 Å². The van der Waals surface area contributed by atoms with E-state index in [1.54, 1.807) is 6.92 Å². The highest BCUT2D eigenvalue weighted by molar-refractivity contribution is 6.22. The minimum Gasteiger partial charge on any atom is -0.312 e. The minimum absolute atomic E-state index is 0.148. The van der Waals surface area contributed by atoms with Gasteiger partial charge < -0.3 is 5.32 Å². The largest absolute Gasteiger partial charge is 0.312 e. The highest BCUT2D eigenvalue weighted by Gasteiger charge is 2.29. The molecule has 0 aromatic carbocycles.